The Kier molecular flexibility index (Phi) is 7.39. The molecule has 6 heteroatoms. The molecule has 2 atom stereocenters. The van der Waals surface area contributed by atoms with Gasteiger partial charge in [0.05, 0.1) is 6.54 Å². The Labute approximate surface area is 134 Å². The van der Waals surface area contributed by atoms with Crippen molar-refractivity contribution in [3.05, 3.63) is 28.7 Å². The Hall–Kier alpha value is -1.40. The standard InChI is InChI=1S/C15H22BrN3O2/c1-4-17-14(20)10-19(5-2)11(3)15(21)18-13-8-6-12(16)7-9-13/h6-9,11H,4-5,10H2,1-3H3,(H,17,20)(H,18,21)/p+1/t11-/m1/s1. The summed E-state index contributed by atoms with van der Waals surface area (Å²) >= 11 is 3.36. The number of rotatable bonds is 7. The normalized spacial score (nSPS) is 13.3. The fourth-order valence-electron chi connectivity index (χ4n) is 2.02. The van der Waals surface area contributed by atoms with Crippen molar-refractivity contribution in [3.63, 3.8) is 0 Å². The first-order valence-electron chi connectivity index (χ1n) is 7.15. The lowest BCUT2D eigenvalue weighted by molar-refractivity contribution is -0.904. The van der Waals surface area contributed by atoms with E-state index in [2.05, 4.69) is 26.6 Å². The van der Waals surface area contributed by atoms with E-state index >= 15 is 0 Å². The first-order chi connectivity index (χ1) is 9.97. The quantitative estimate of drug-likeness (QED) is 0.677. The minimum atomic E-state index is -0.291. The molecule has 0 heterocycles. The summed E-state index contributed by atoms with van der Waals surface area (Å²) in [6.07, 6.45) is 0. The molecule has 1 aromatic carbocycles. The van der Waals surface area contributed by atoms with Gasteiger partial charge in [-0.1, -0.05) is 15.9 Å². The summed E-state index contributed by atoms with van der Waals surface area (Å²) in [5, 5.41) is 5.64. The van der Waals surface area contributed by atoms with Gasteiger partial charge in [-0.3, -0.25) is 9.59 Å². The molecule has 0 aromatic heterocycles. The van der Waals surface area contributed by atoms with Gasteiger partial charge in [0.25, 0.3) is 11.8 Å². The number of amides is 2. The molecule has 0 aliphatic rings. The number of hydrogen-bond donors (Lipinski definition) is 3. The van der Waals surface area contributed by atoms with Crippen LogP contribution in [0.15, 0.2) is 28.7 Å². The fourth-order valence-corrected chi connectivity index (χ4v) is 2.28. The van der Waals surface area contributed by atoms with Crippen LogP contribution in [0, 0.1) is 0 Å². The second-order valence-electron chi connectivity index (χ2n) is 4.86. The Balaban J connectivity index is 2.62. The van der Waals surface area contributed by atoms with Gasteiger partial charge in [0, 0.05) is 16.7 Å². The lowest BCUT2D eigenvalue weighted by atomic mass is 10.2. The van der Waals surface area contributed by atoms with Crippen LogP contribution in [-0.4, -0.2) is 37.5 Å². The smallest absolute Gasteiger partial charge is 0.282 e. The summed E-state index contributed by atoms with van der Waals surface area (Å²) in [4.78, 5) is 24.9. The van der Waals surface area contributed by atoms with Crippen LogP contribution in [-0.2, 0) is 9.59 Å². The first kappa shape index (κ1) is 17.7. The molecule has 0 saturated heterocycles. The molecule has 0 radical (unpaired) electrons. The number of nitrogens with one attached hydrogen (secondary N) is 3. The summed E-state index contributed by atoms with van der Waals surface area (Å²) in [5.41, 5.74) is 0.753. The van der Waals surface area contributed by atoms with Gasteiger partial charge in [0.15, 0.2) is 12.6 Å². The van der Waals surface area contributed by atoms with Crippen LogP contribution in [0.4, 0.5) is 5.69 Å². The summed E-state index contributed by atoms with van der Waals surface area (Å²) in [6, 6.07) is 7.13. The van der Waals surface area contributed by atoms with Crippen LogP contribution < -0.4 is 15.5 Å². The predicted octanol–water partition coefficient (Wildman–Crippen LogP) is 0.817. The number of benzene rings is 1. The Morgan fingerprint density at radius 1 is 1.24 bits per heavy atom. The van der Waals surface area contributed by atoms with Crippen LogP contribution in [0.1, 0.15) is 20.8 Å². The molecule has 5 nitrogen and oxygen atoms in total. The molecule has 116 valence electrons. The second kappa shape index (κ2) is 8.79. The number of quaternary nitrogens is 1. The number of anilines is 1. The van der Waals surface area contributed by atoms with E-state index < -0.39 is 0 Å². The van der Waals surface area contributed by atoms with Gasteiger partial charge in [-0.25, -0.2) is 0 Å². The van der Waals surface area contributed by atoms with Crippen molar-refractivity contribution in [2.24, 2.45) is 0 Å². The molecule has 1 aromatic rings. The van der Waals surface area contributed by atoms with E-state index in [9.17, 15) is 9.59 Å². The minimum absolute atomic E-state index is 0.0300. The average Bonchev–Trinajstić information content (AvgIpc) is 2.46. The third kappa shape index (κ3) is 5.85. The number of carbonyl (C=O) groups excluding carboxylic acids is 2. The van der Waals surface area contributed by atoms with Gasteiger partial charge in [-0.2, -0.15) is 0 Å². The predicted molar refractivity (Wildman–Crippen MR) is 87.3 cm³/mol. The van der Waals surface area contributed by atoms with Gasteiger partial charge in [-0.15, -0.1) is 0 Å². The highest BCUT2D eigenvalue weighted by molar-refractivity contribution is 9.10. The minimum Gasteiger partial charge on any atom is -0.351 e. The molecule has 0 aliphatic heterocycles. The van der Waals surface area contributed by atoms with Crippen molar-refractivity contribution in [1.82, 2.24) is 5.32 Å². The van der Waals surface area contributed by atoms with Crippen molar-refractivity contribution in [3.8, 4) is 0 Å². The molecule has 2 amide bonds. The zero-order valence-electron chi connectivity index (χ0n) is 12.7. The van der Waals surface area contributed by atoms with Crippen molar-refractivity contribution in [2.75, 3.05) is 25.0 Å². The van der Waals surface area contributed by atoms with Gasteiger partial charge in [-0.05, 0) is 45.0 Å². The third-order valence-electron chi connectivity index (χ3n) is 3.33. The van der Waals surface area contributed by atoms with Gasteiger partial charge in [0.1, 0.15) is 0 Å². The zero-order valence-corrected chi connectivity index (χ0v) is 14.3. The van der Waals surface area contributed by atoms with Gasteiger partial charge < -0.3 is 15.5 Å². The van der Waals surface area contributed by atoms with E-state index in [1.54, 1.807) is 0 Å². The molecule has 1 rings (SSSR count). The van der Waals surface area contributed by atoms with Crippen LogP contribution in [0.5, 0.6) is 0 Å². The summed E-state index contributed by atoms with van der Waals surface area (Å²) < 4.78 is 0.964. The lowest BCUT2D eigenvalue weighted by Gasteiger charge is -2.23. The SMILES string of the molecule is CCNC(=O)C[NH+](CC)[C@H](C)C(=O)Nc1ccc(Br)cc1. The number of hydrogen-bond acceptors (Lipinski definition) is 2. The molecular weight excluding hydrogens is 334 g/mol. The van der Waals surface area contributed by atoms with Crippen molar-refractivity contribution in [2.45, 2.75) is 26.8 Å². The highest BCUT2D eigenvalue weighted by Gasteiger charge is 2.25. The molecule has 0 spiro atoms. The van der Waals surface area contributed by atoms with E-state index in [-0.39, 0.29) is 17.9 Å². The van der Waals surface area contributed by atoms with E-state index in [1.165, 1.54) is 0 Å². The number of likely N-dealkylation sites (N-methyl/N-ethyl adjacent to an activating group) is 2. The molecule has 1 unspecified atom stereocenters. The van der Waals surface area contributed by atoms with Crippen LogP contribution >= 0.6 is 15.9 Å². The number of carbonyl (C=O) groups is 2. The van der Waals surface area contributed by atoms with E-state index in [4.69, 9.17) is 0 Å². The molecule has 3 N–H and O–H groups in total. The maximum atomic E-state index is 12.3. The van der Waals surface area contributed by atoms with E-state index in [1.807, 2.05) is 45.0 Å². The molecular formula is C15H23BrN3O2+. The van der Waals surface area contributed by atoms with Crippen LogP contribution in [0.3, 0.4) is 0 Å². The fraction of sp³-hybridized carbons (Fsp3) is 0.467. The van der Waals surface area contributed by atoms with Crippen LogP contribution in [0.25, 0.3) is 0 Å². The summed E-state index contributed by atoms with van der Waals surface area (Å²) in [6.45, 7) is 7.32. The Morgan fingerprint density at radius 2 is 1.86 bits per heavy atom. The van der Waals surface area contributed by atoms with Gasteiger partial charge in [0.2, 0.25) is 0 Å². The van der Waals surface area contributed by atoms with E-state index in [0.29, 0.717) is 19.6 Å². The maximum Gasteiger partial charge on any atom is 0.282 e. The zero-order chi connectivity index (χ0) is 15.8. The summed E-state index contributed by atoms with van der Waals surface area (Å²) in [5.74, 6) is -0.115. The molecule has 0 saturated carbocycles. The molecule has 0 aliphatic carbocycles. The first-order valence-corrected chi connectivity index (χ1v) is 7.94. The molecule has 0 bridgehead atoms. The second-order valence-corrected chi connectivity index (χ2v) is 5.78. The number of halogens is 1. The molecule has 21 heavy (non-hydrogen) atoms. The largest absolute Gasteiger partial charge is 0.351 e. The molecule has 0 fully saturated rings. The Morgan fingerprint density at radius 3 is 2.38 bits per heavy atom. The van der Waals surface area contributed by atoms with Crippen molar-refractivity contribution in [1.29, 1.82) is 0 Å². The van der Waals surface area contributed by atoms with Gasteiger partial charge >= 0.3 is 0 Å². The summed E-state index contributed by atoms with van der Waals surface area (Å²) in [7, 11) is 0. The highest BCUT2D eigenvalue weighted by Crippen LogP contribution is 2.13. The third-order valence-corrected chi connectivity index (χ3v) is 3.86. The van der Waals surface area contributed by atoms with Crippen molar-refractivity contribution >= 4 is 33.4 Å². The highest BCUT2D eigenvalue weighted by atomic mass is 79.9. The van der Waals surface area contributed by atoms with Crippen LogP contribution in [0.2, 0.25) is 0 Å². The van der Waals surface area contributed by atoms with E-state index in [0.717, 1.165) is 15.1 Å². The topological polar surface area (TPSA) is 62.6 Å². The van der Waals surface area contributed by atoms with Crippen molar-refractivity contribution < 1.29 is 14.5 Å². The monoisotopic (exact) mass is 356 g/mol. The lowest BCUT2D eigenvalue weighted by Crippen LogP contribution is -3.17. The maximum absolute atomic E-state index is 12.3. The average molecular weight is 357 g/mol. The Bertz CT molecular complexity index is 476.